The van der Waals surface area contributed by atoms with Crippen molar-refractivity contribution in [1.82, 2.24) is 10.6 Å². The van der Waals surface area contributed by atoms with Crippen LogP contribution in [0.1, 0.15) is 38.8 Å². The van der Waals surface area contributed by atoms with E-state index in [4.69, 9.17) is 4.74 Å². The van der Waals surface area contributed by atoms with E-state index in [2.05, 4.69) is 24.5 Å². The van der Waals surface area contributed by atoms with Crippen LogP contribution < -0.4 is 15.4 Å². The number of hydrogen-bond donors (Lipinski definition) is 2. The molecule has 1 unspecified atom stereocenters. The SMILES string of the molecule is CCCNC(C)c1ccccc1OCC(=O)NCC. The zero-order valence-electron chi connectivity index (χ0n) is 12.0. The molecule has 2 N–H and O–H groups in total. The van der Waals surface area contributed by atoms with Crippen LogP contribution in [-0.2, 0) is 4.79 Å². The molecule has 0 aliphatic heterocycles. The summed E-state index contributed by atoms with van der Waals surface area (Å²) < 4.78 is 5.60. The Bertz CT molecular complexity index is 393. The molecule has 4 heteroatoms. The van der Waals surface area contributed by atoms with Gasteiger partial charge in [-0.2, -0.15) is 0 Å². The van der Waals surface area contributed by atoms with E-state index in [0.29, 0.717) is 6.54 Å². The van der Waals surface area contributed by atoms with Gasteiger partial charge in [0.1, 0.15) is 5.75 Å². The summed E-state index contributed by atoms with van der Waals surface area (Å²) in [5.41, 5.74) is 1.08. The molecule has 0 aliphatic carbocycles. The Labute approximate surface area is 115 Å². The quantitative estimate of drug-likeness (QED) is 0.757. The summed E-state index contributed by atoms with van der Waals surface area (Å²) in [7, 11) is 0. The fourth-order valence-corrected chi connectivity index (χ4v) is 1.83. The van der Waals surface area contributed by atoms with E-state index in [1.54, 1.807) is 0 Å². The maximum Gasteiger partial charge on any atom is 0.257 e. The molecule has 0 aliphatic rings. The Hall–Kier alpha value is -1.55. The number of hydrogen-bond acceptors (Lipinski definition) is 3. The molecule has 1 rings (SSSR count). The van der Waals surface area contributed by atoms with Gasteiger partial charge in [0.15, 0.2) is 6.61 Å². The molecule has 0 aromatic heterocycles. The average Bonchev–Trinajstić information content (AvgIpc) is 2.43. The highest BCUT2D eigenvalue weighted by molar-refractivity contribution is 5.77. The molecule has 0 saturated heterocycles. The fraction of sp³-hybridized carbons (Fsp3) is 0.533. The van der Waals surface area contributed by atoms with E-state index in [1.807, 2.05) is 31.2 Å². The molecule has 0 bridgehead atoms. The van der Waals surface area contributed by atoms with Crippen LogP contribution in [0.25, 0.3) is 0 Å². The number of nitrogens with one attached hydrogen (secondary N) is 2. The van der Waals surface area contributed by atoms with Crippen molar-refractivity contribution in [2.24, 2.45) is 0 Å². The fourth-order valence-electron chi connectivity index (χ4n) is 1.83. The number of likely N-dealkylation sites (N-methyl/N-ethyl adjacent to an activating group) is 1. The molecule has 0 heterocycles. The lowest BCUT2D eigenvalue weighted by Crippen LogP contribution is -2.29. The normalized spacial score (nSPS) is 11.9. The lowest BCUT2D eigenvalue weighted by Gasteiger charge is -2.17. The third-order valence-electron chi connectivity index (χ3n) is 2.82. The maximum absolute atomic E-state index is 11.4. The summed E-state index contributed by atoms with van der Waals surface area (Å²) in [6.07, 6.45) is 1.09. The predicted octanol–water partition coefficient (Wildman–Crippen LogP) is 2.26. The van der Waals surface area contributed by atoms with Crippen LogP contribution in [0.15, 0.2) is 24.3 Å². The number of ether oxygens (including phenoxy) is 1. The van der Waals surface area contributed by atoms with Crippen molar-refractivity contribution in [1.29, 1.82) is 0 Å². The van der Waals surface area contributed by atoms with E-state index in [-0.39, 0.29) is 18.6 Å². The monoisotopic (exact) mass is 264 g/mol. The van der Waals surface area contributed by atoms with Gasteiger partial charge in [-0.15, -0.1) is 0 Å². The number of rotatable bonds is 8. The third-order valence-corrected chi connectivity index (χ3v) is 2.82. The van der Waals surface area contributed by atoms with Gasteiger partial charge in [-0.05, 0) is 32.9 Å². The third kappa shape index (κ3) is 5.30. The van der Waals surface area contributed by atoms with Crippen LogP contribution in [-0.4, -0.2) is 25.6 Å². The van der Waals surface area contributed by atoms with Gasteiger partial charge in [0.2, 0.25) is 0 Å². The van der Waals surface area contributed by atoms with Crippen molar-refractivity contribution in [3.05, 3.63) is 29.8 Å². The smallest absolute Gasteiger partial charge is 0.257 e. The molecule has 1 atom stereocenters. The van der Waals surface area contributed by atoms with Crippen molar-refractivity contribution >= 4 is 5.91 Å². The minimum Gasteiger partial charge on any atom is -0.483 e. The Kier molecular flexibility index (Phi) is 6.97. The molecule has 0 radical (unpaired) electrons. The van der Waals surface area contributed by atoms with Gasteiger partial charge in [-0.3, -0.25) is 4.79 Å². The van der Waals surface area contributed by atoms with E-state index >= 15 is 0 Å². The molecule has 1 aromatic rings. The lowest BCUT2D eigenvalue weighted by atomic mass is 10.1. The van der Waals surface area contributed by atoms with Gasteiger partial charge in [-0.1, -0.05) is 25.1 Å². The first-order chi connectivity index (χ1) is 9.19. The van der Waals surface area contributed by atoms with Gasteiger partial charge in [0, 0.05) is 18.2 Å². The second-order valence-electron chi connectivity index (χ2n) is 4.46. The highest BCUT2D eigenvalue weighted by atomic mass is 16.5. The number of carbonyl (C=O) groups excluding carboxylic acids is 1. The molecule has 106 valence electrons. The molecule has 0 fully saturated rings. The zero-order chi connectivity index (χ0) is 14.1. The first kappa shape index (κ1) is 15.5. The summed E-state index contributed by atoms with van der Waals surface area (Å²) in [5, 5.41) is 6.14. The van der Waals surface area contributed by atoms with Gasteiger partial charge in [-0.25, -0.2) is 0 Å². The summed E-state index contributed by atoms with van der Waals surface area (Å²) in [4.78, 5) is 11.4. The van der Waals surface area contributed by atoms with Crippen molar-refractivity contribution in [2.75, 3.05) is 19.7 Å². The van der Waals surface area contributed by atoms with Gasteiger partial charge < -0.3 is 15.4 Å². The maximum atomic E-state index is 11.4. The molecule has 0 spiro atoms. The minimum atomic E-state index is -0.0912. The van der Waals surface area contributed by atoms with Gasteiger partial charge in [0.05, 0.1) is 0 Å². The lowest BCUT2D eigenvalue weighted by molar-refractivity contribution is -0.123. The van der Waals surface area contributed by atoms with Crippen LogP contribution in [0.2, 0.25) is 0 Å². The van der Waals surface area contributed by atoms with E-state index in [1.165, 1.54) is 0 Å². The Morgan fingerprint density at radius 1 is 1.32 bits per heavy atom. The molecular weight excluding hydrogens is 240 g/mol. The largest absolute Gasteiger partial charge is 0.483 e. The summed E-state index contributed by atoms with van der Waals surface area (Å²) >= 11 is 0. The Morgan fingerprint density at radius 2 is 2.05 bits per heavy atom. The van der Waals surface area contributed by atoms with Crippen LogP contribution in [0, 0.1) is 0 Å². The first-order valence-electron chi connectivity index (χ1n) is 6.90. The topological polar surface area (TPSA) is 50.4 Å². The average molecular weight is 264 g/mol. The Balaban J connectivity index is 2.64. The molecule has 19 heavy (non-hydrogen) atoms. The van der Waals surface area contributed by atoms with Crippen molar-refractivity contribution in [2.45, 2.75) is 33.2 Å². The summed E-state index contributed by atoms with van der Waals surface area (Å²) in [6, 6.07) is 8.05. The Morgan fingerprint density at radius 3 is 2.74 bits per heavy atom. The molecule has 1 aromatic carbocycles. The second-order valence-corrected chi connectivity index (χ2v) is 4.46. The zero-order valence-corrected chi connectivity index (χ0v) is 12.0. The molecular formula is C15H24N2O2. The summed E-state index contributed by atoms with van der Waals surface area (Å²) in [6.45, 7) is 7.78. The van der Waals surface area contributed by atoms with Crippen molar-refractivity contribution < 1.29 is 9.53 Å². The highest BCUT2D eigenvalue weighted by Gasteiger charge is 2.11. The van der Waals surface area contributed by atoms with Crippen LogP contribution in [0.3, 0.4) is 0 Å². The van der Waals surface area contributed by atoms with Crippen molar-refractivity contribution in [3.8, 4) is 5.75 Å². The predicted molar refractivity (Wildman–Crippen MR) is 77.3 cm³/mol. The van der Waals surface area contributed by atoms with Gasteiger partial charge in [0.25, 0.3) is 5.91 Å². The number of carbonyl (C=O) groups is 1. The van der Waals surface area contributed by atoms with E-state index in [0.717, 1.165) is 24.3 Å². The number of amides is 1. The van der Waals surface area contributed by atoms with Crippen LogP contribution in [0.5, 0.6) is 5.75 Å². The minimum absolute atomic E-state index is 0.0609. The molecule has 0 saturated carbocycles. The highest BCUT2D eigenvalue weighted by Crippen LogP contribution is 2.24. The molecule has 4 nitrogen and oxygen atoms in total. The van der Waals surface area contributed by atoms with E-state index in [9.17, 15) is 4.79 Å². The van der Waals surface area contributed by atoms with Crippen molar-refractivity contribution in [3.63, 3.8) is 0 Å². The molecule has 1 amide bonds. The number of para-hydroxylation sites is 1. The number of benzene rings is 1. The van der Waals surface area contributed by atoms with Gasteiger partial charge >= 0.3 is 0 Å². The second kappa shape index (κ2) is 8.53. The summed E-state index contributed by atoms with van der Waals surface area (Å²) in [5.74, 6) is 0.677. The first-order valence-corrected chi connectivity index (χ1v) is 6.90. The van der Waals surface area contributed by atoms with Crippen LogP contribution >= 0.6 is 0 Å². The van der Waals surface area contributed by atoms with Crippen LogP contribution in [0.4, 0.5) is 0 Å². The standard InChI is InChI=1S/C15H24N2O2/c1-4-10-17-12(3)13-8-6-7-9-14(13)19-11-15(18)16-5-2/h6-9,12,17H,4-5,10-11H2,1-3H3,(H,16,18). The van der Waals surface area contributed by atoms with E-state index < -0.39 is 0 Å².